The molecule has 104 valence electrons. The van der Waals surface area contributed by atoms with E-state index in [2.05, 4.69) is 5.32 Å². The lowest BCUT2D eigenvalue weighted by Gasteiger charge is -2.32. The minimum atomic E-state index is -0.717. The average Bonchev–Trinajstić information content (AvgIpc) is 2.38. The Hall–Kier alpha value is -1.49. The van der Waals surface area contributed by atoms with Crippen LogP contribution in [0, 0.1) is 11.6 Å². The second-order valence-electron chi connectivity index (χ2n) is 4.78. The van der Waals surface area contributed by atoms with Gasteiger partial charge in [-0.2, -0.15) is 0 Å². The highest BCUT2D eigenvalue weighted by atomic mass is 19.1. The van der Waals surface area contributed by atoms with Crippen molar-refractivity contribution in [2.24, 2.45) is 0 Å². The molecule has 0 atom stereocenters. The van der Waals surface area contributed by atoms with Gasteiger partial charge >= 0.3 is 0 Å². The van der Waals surface area contributed by atoms with E-state index >= 15 is 0 Å². The first kappa shape index (κ1) is 13.9. The molecular weight excluding hydrogens is 250 g/mol. The molecule has 1 aromatic rings. The molecule has 0 aromatic heterocycles. The van der Waals surface area contributed by atoms with Crippen molar-refractivity contribution < 1.29 is 13.6 Å². The first-order valence-corrected chi connectivity index (χ1v) is 6.59. The van der Waals surface area contributed by atoms with Crippen molar-refractivity contribution in [1.29, 1.82) is 0 Å². The van der Waals surface area contributed by atoms with Crippen LogP contribution in [0.1, 0.15) is 30.1 Å². The van der Waals surface area contributed by atoms with E-state index < -0.39 is 11.6 Å². The molecule has 1 amide bonds. The van der Waals surface area contributed by atoms with Crippen LogP contribution in [0.25, 0.3) is 0 Å². The summed E-state index contributed by atoms with van der Waals surface area (Å²) in [6.45, 7) is 4.20. The number of piperidine rings is 1. The maximum absolute atomic E-state index is 13.1. The molecule has 19 heavy (non-hydrogen) atoms. The Morgan fingerprint density at radius 2 is 1.84 bits per heavy atom. The SMILES string of the molecule is CCNC1CCN(C(=O)c2cc(F)cc(F)c2)CC1. The van der Waals surface area contributed by atoms with E-state index in [1.165, 1.54) is 0 Å². The van der Waals surface area contributed by atoms with Gasteiger partial charge in [0.05, 0.1) is 0 Å². The van der Waals surface area contributed by atoms with Crippen molar-refractivity contribution in [3.8, 4) is 0 Å². The van der Waals surface area contributed by atoms with Gasteiger partial charge < -0.3 is 10.2 Å². The highest BCUT2D eigenvalue weighted by molar-refractivity contribution is 5.94. The number of amides is 1. The lowest BCUT2D eigenvalue weighted by atomic mass is 10.0. The van der Waals surface area contributed by atoms with Crippen LogP contribution in [0.3, 0.4) is 0 Å². The van der Waals surface area contributed by atoms with Gasteiger partial charge in [0.1, 0.15) is 11.6 Å². The Labute approximate surface area is 111 Å². The largest absolute Gasteiger partial charge is 0.339 e. The van der Waals surface area contributed by atoms with Crippen molar-refractivity contribution in [3.63, 3.8) is 0 Å². The molecule has 1 fully saturated rings. The fourth-order valence-corrected chi connectivity index (χ4v) is 2.44. The van der Waals surface area contributed by atoms with Crippen LogP contribution < -0.4 is 5.32 Å². The van der Waals surface area contributed by atoms with Crippen LogP contribution in [0.4, 0.5) is 8.78 Å². The highest BCUT2D eigenvalue weighted by Gasteiger charge is 2.23. The second kappa shape index (κ2) is 6.10. The third kappa shape index (κ3) is 3.50. The van der Waals surface area contributed by atoms with E-state index in [1.807, 2.05) is 6.92 Å². The van der Waals surface area contributed by atoms with E-state index in [9.17, 15) is 13.6 Å². The number of carbonyl (C=O) groups is 1. The molecule has 1 saturated heterocycles. The summed E-state index contributed by atoms with van der Waals surface area (Å²) < 4.78 is 26.2. The number of rotatable bonds is 3. The van der Waals surface area contributed by atoms with Gasteiger partial charge in [-0.3, -0.25) is 4.79 Å². The summed E-state index contributed by atoms with van der Waals surface area (Å²) in [5.74, 6) is -1.73. The zero-order valence-electron chi connectivity index (χ0n) is 11.0. The first-order chi connectivity index (χ1) is 9.10. The third-order valence-electron chi connectivity index (χ3n) is 3.38. The molecule has 0 radical (unpaired) electrons. The third-order valence-corrected chi connectivity index (χ3v) is 3.38. The quantitative estimate of drug-likeness (QED) is 0.911. The Kier molecular flexibility index (Phi) is 4.47. The molecular formula is C14H18F2N2O. The van der Waals surface area contributed by atoms with Crippen LogP contribution in [0.2, 0.25) is 0 Å². The van der Waals surface area contributed by atoms with Gasteiger partial charge in [0, 0.05) is 30.8 Å². The topological polar surface area (TPSA) is 32.3 Å². The van der Waals surface area contributed by atoms with Gasteiger partial charge in [-0.05, 0) is 31.5 Å². The molecule has 0 bridgehead atoms. The molecule has 0 saturated carbocycles. The molecule has 2 rings (SSSR count). The summed E-state index contributed by atoms with van der Waals surface area (Å²) in [5.41, 5.74) is 0.0828. The Morgan fingerprint density at radius 1 is 1.26 bits per heavy atom. The van der Waals surface area contributed by atoms with Crippen molar-refractivity contribution in [2.75, 3.05) is 19.6 Å². The number of carbonyl (C=O) groups excluding carboxylic acids is 1. The van der Waals surface area contributed by atoms with Crippen LogP contribution in [-0.2, 0) is 0 Å². The van der Waals surface area contributed by atoms with Gasteiger partial charge in [0.15, 0.2) is 0 Å². The number of nitrogens with zero attached hydrogens (tertiary/aromatic N) is 1. The molecule has 1 heterocycles. The lowest BCUT2D eigenvalue weighted by molar-refractivity contribution is 0.0705. The van der Waals surface area contributed by atoms with Crippen molar-refractivity contribution in [1.82, 2.24) is 10.2 Å². The molecule has 1 aromatic carbocycles. The Morgan fingerprint density at radius 3 is 2.37 bits per heavy atom. The monoisotopic (exact) mass is 268 g/mol. The average molecular weight is 268 g/mol. The molecule has 5 heteroatoms. The fraction of sp³-hybridized carbons (Fsp3) is 0.500. The van der Waals surface area contributed by atoms with Crippen molar-refractivity contribution in [2.45, 2.75) is 25.8 Å². The number of nitrogens with one attached hydrogen (secondary N) is 1. The summed E-state index contributed by atoms with van der Waals surface area (Å²) in [6.07, 6.45) is 1.74. The summed E-state index contributed by atoms with van der Waals surface area (Å²) in [4.78, 5) is 13.8. The van der Waals surface area contributed by atoms with Crippen LogP contribution in [-0.4, -0.2) is 36.5 Å². The number of likely N-dealkylation sites (tertiary alicyclic amines) is 1. The minimum Gasteiger partial charge on any atom is -0.339 e. The Balaban J connectivity index is 2.01. The standard InChI is InChI=1S/C14H18F2N2O/c1-2-17-13-3-5-18(6-4-13)14(19)10-7-11(15)9-12(16)8-10/h7-9,13,17H,2-6H2,1H3. The van der Waals surface area contributed by atoms with E-state index in [1.54, 1.807) is 4.90 Å². The maximum atomic E-state index is 13.1. The predicted molar refractivity (Wildman–Crippen MR) is 69.0 cm³/mol. The van der Waals surface area contributed by atoms with Gasteiger partial charge in [0.2, 0.25) is 0 Å². The Bertz CT molecular complexity index is 437. The molecule has 0 unspecified atom stereocenters. The van der Waals surface area contributed by atoms with E-state index in [-0.39, 0.29) is 11.5 Å². The molecule has 3 nitrogen and oxygen atoms in total. The van der Waals surface area contributed by atoms with Crippen molar-refractivity contribution in [3.05, 3.63) is 35.4 Å². The summed E-state index contributed by atoms with van der Waals surface area (Å²) in [7, 11) is 0. The fourth-order valence-electron chi connectivity index (χ4n) is 2.44. The van der Waals surface area contributed by atoms with E-state index in [0.717, 1.165) is 37.6 Å². The maximum Gasteiger partial charge on any atom is 0.254 e. The van der Waals surface area contributed by atoms with Gasteiger partial charge in [-0.25, -0.2) is 8.78 Å². The van der Waals surface area contributed by atoms with Crippen LogP contribution in [0.5, 0.6) is 0 Å². The minimum absolute atomic E-state index is 0.0828. The normalized spacial score (nSPS) is 16.7. The van der Waals surface area contributed by atoms with Gasteiger partial charge in [-0.15, -0.1) is 0 Å². The van der Waals surface area contributed by atoms with Crippen LogP contribution >= 0.6 is 0 Å². The summed E-state index contributed by atoms with van der Waals surface area (Å²) >= 11 is 0. The number of benzene rings is 1. The van der Waals surface area contributed by atoms with E-state index in [4.69, 9.17) is 0 Å². The van der Waals surface area contributed by atoms with Crippen LogP contribution in [0.15, 0.2) is 18.2 Å². The number of hydrogen-bond donors (Lipinski definition) is 1. The zero-order chi connectivity index (χ0) is 13.8. The smallest absolute Gasteiger partial charge is 0.254 e. The van der Waals surface area contributed by atoms with Gasteiger partial charge in [-0.1, -0.05) is 6.92 Å². The predicted octanol–water partition coefficient (Wildman–Crippen LogP) is 2.18. The molecule has 1 aliphatic heterocycles. The molecule has 1 aliphatic rings. The summed E-state index contributed by atoms with van der Waals surface area (Å²) in [5, 5.41) is 3.34. The van der Waals surface area contributed by atoms with Crippen molar-refractivity contribution >= 4 is 5.91 Å². The molecule has 0 aliphatic carbocycles. The number of halogens is 2. The van der Waals surface area contributed by atoms with E-state index in [0.29, 0.717) is 19.1 Å². The first-order valence-electron chi connectivity index (χ1n) is 6.59. The molecule has 0 spiro atoms. The second-order valence-corrected chi connectivity index (χ2v) is 4.78. The zero-order valence-corrected chi connectivity index (χ0v) is 11.0. The highest BCUT2D eigenvalue weighted by Crippen LogP contribution is 2.15. The lowest BCUT2D eigenvalue weighted by Crippen LogP contribution is -2.44. The summed E-state index contributed by atoms with van der Waals surface area (Å²) in [6, 6.07) is 3.37. The number of hydrogen-bond acceptors (Lipinski definition) is 2. The van der Waals surface area contributed by atoms with Gasteiger partial charge in [0.25, 0.3) is 5.91 Å². The molecule has 1 N–H and O–H groups in total.